The first-order valence-electron chi connectivity index (χ1n) is 12.6. The Kier molecular flexibility index (Phi) is 6.21. The molecular weight excluding hydrogens is 440 g/mol. The third-order valence-corrected chi connectivity index (χ3v) is 8.58. The van der Waals surface area contributed by atoms with E-state index in [1.54, 1.807) is 4.90 Å². The van der Waals surface area contributed by atoms with Crippen molar-refractivity contribution in [2.45, 2.75) is 95.8 Å². The summed E-state index contributed by atoms with van der Waals surface area (Å²) in [6.07, 6.45) is 4.66. The topological polar surface area (TPSA) is 78.5 Å². The third kappa shape index (κ3) is 4.25. The molecule has 0 bridgehead atoms. The smallest absolute Gasteiger partial charge is 0.255 e. The first-order valence-corrected chi connectivity index (χ1v) is 12.6. The number of carbonyl (C=O) groups is 3. The highest BCUT2D eigenvalue weighted by Gasteiger charge is 2.55. The Morgan fingerprint density at radius 2 is 1.91 bits per heavy atom. The van der Waals surface area contributed by atoms with Crippen LogP contribution in [0.25, 0.3) is 0 Å². The zero-order chi connectivity index (χ0) is 24.0. The van der Waals surface area contributed by atoms with Crippen molar-refractivity contribution in [3.05, 3.63) is 34.9 Å². The van der Waals surface area contributed by atoms with E-state index in [1.165, 1.54) is 0 Å². The van der Waals surface area contributed by atoms with Crippen LogP contribution in [0, 0.1) is 11.3 Å². The van der Waals surface area contributed by atoms with Crippen molar-refractivity contribution in [3.63, 3.8) is 0 Å². The number of imide groups is 1. The Morgan fingerprint density at radius 3 is 2.62 bits per heavy atom. The van der Waals surface area contributed by atoms with E-state index >= 15 is 0 Å². The number of fused-ring (bicyclic) bond motifs is 1. The normalized spacial score (nSPS) is 29.2. The molecule has 1 saturated heterocycles. The Hall–Kier alpha value is -2.35. The summed E-state index contributed by atoms with van der Waals surface area (Å²) in [6.45, 7) is 2.28. The van der Waals surface area contributed by atoms with Crippen LogP contribution >= 0.6 is 0 Å². The molecule has 4 atom stereocenters. The minimum Gasteiger partial charge on any atom is -0.322 e. The molecule has 1 aromatic carbocycles. The van der Waals surface area contributed by atoms with E-state index < -0.39 is 23.8 Å². The number of carbonyl (C=O) groups excluding carboxylic acids is 3. The van der Waals surface area contributed by atoms with Crippen LogP contribution < -0.4 is 10.6 Å². The van der Waals surface area contributed by atoms with Crippen LogP contribution in [-0.4, -0.2) is 47.2 Å². The Balaban J connectivity index is 1.26. The van der Waals surface area contributed by atoms with Gasteiger partial charge in [0.1, 0.15) is 6.04 Å². The largest absolute Gasteiger partial charge is 0.322 e. The van der Waals surface area contributed by atoms with Gasteiger partial charge in [0.2, 0.25) is 18.2 Å². The van der Waals surface area contributed by atoms with E-state index in [0.29, 0.717) is 37.3 Å². The molecule has 2 aliphatic carbocycles. The van der Waals surface area contributed by atoms with Gasteiger partial charge in [0, 0.05) is 36.0 Å². The van der Waals surface area contributed by atoms with Gasteiger partial charge in [-0.3, -0.25) is 19.7 Å². The van der Waals surface area contributed by atoms with E-state index in [2.05, 4.69) is 16.7 Å². The molecule has 3 fully saturated rings. The molecule has 184 valence electrons. The van der Waals surface area contributed by atoms with Crippen molar-refractivity contribution in [3.8, 4) is 0 Å². The number of halogens is 2. The first-order chi connectivity index (χ1) is 16.3. The highest BCUT2D eigenvalue weighted by molar-refractivity contribution is 6.05. The average Bonchev–Trinajstić information content (AvgIpc) is 3.56. The number of amides is 3. The van der Waals surface area contributed by atoms with Crippen LogP contribution in [-0.2, 0) is 22.6 Å². The molecule has 1 aromatic rings. The van der Waals surface area contributed by atoms with Crippen molar-refractivity contribution >= 4 is 17.7 Å². The van der Waals surface area contributed by atoms with E-state index in [0.717, 1.165) is 43.2 Å². The molecule has 2 saturated carbocycles. The lowest BCUT2D eigenvalue weighted by Crippen LogP contribution is -2.52. The maximum Gasteiger partial charge on any atom is 0.255 e. The van der Waals surface area contributed by atoms with Crippen LogP contribution in [0.3, 0.4) is 0 Å². The number of piperidine rings is 1. The number of nitrogens with one attached hydrogen (secondary N) is 2. The average molecular weight is 474 g/mol. The number of rotatable bonds is 7. The van der Waals surface area contributed by atoms with Gasteiger partial charge in [0.05, 0.1) is 0 Å². The zero-order valence-corrected chi connectivity index (χ0v) is 19.6. The van der Waals surface area contributed by atoms with Crippen molar-refractivity contribution in [1.82, 2.24) is 15.5 Å². The lowest BCUT2D eigenvalue weighted by Gasteiger charge is -2.37. The highest BCUT2D eigenvalue weighted by atomic mass is 19.3. The lowest BCUT2D eigenvalue weighted by molar-refractivity contribution is -0.136. The minimum atomic E-state index is -2.28. The van der Waals surface area contributed by atoms with Gasteiger partial charge in [0.15, 0.2) is 0 Å². The fourth-order valence-corrected chi connectivity index (χ4v) is 6.20. The molecule has 2 aliphatic heterocycles. The maximum atomic E-state index is 13.6. The molecule has 0 aromatic heterocycles. The predicted octanol–water partition coefficient (Wildman–Crippen LogP) is 3.57. The second-order valence-electron chi connectivity index (χ2n) is 10.7. The van der Waals surface area contributed by atoms with Gasteiger partial charge in [-0.1, -0.05) is 25.0 Å². The molecule has 8 heteroatoms. The second kappa shape index (κ2) is 9.02. The van der Waals surface area contributed by atoms with E-state index in [9.17, 15) is 23.2 Å². The molecule has 2 heterocycles. The lowest BCUT2D eigenvalue weighted by atomic mass is 9.79. The summed E-state index contributed by atoms with van der Waals surface area (Å²) in [6, 6.07) is 5.31. The summed E-state index contributed by atoms with van der Waals surface area (Å²) in [5.74, 6) is -0.492. The van der Waals surface area contributed by atoms with Gasteiger partial charge in [0.25, 0.3) is 5.91 Å². The van der Waals surface area contributed by atoms with Crippen molar-refractivity contribution < 1.29 is 23.2 Å². The number of hydrogen-bond acceptors (Lipinski definition) is 4. The first kappa shape index (κ1) is 23.4. The predicted molar refractivity (Wildman–Crippen MR) is 122 cm³/mol. The molecule has 6 nitrogen and oxygen atoms in total. The summed E-state index contributed by atoms with van der Waals surface area (Å²) < 4.78 is 27.2. The van der Waals surface area contributed by atoms with Gasteiger partial charge >= 0.3 is 0 Å². The molecule has 0 spiro atoms. The fourth-order valence-electron chi connectivity index (χ4n) is 6.20. The quantitative estimate of drug-likeness (QED) is 0.594. The van der Waals surface area contributed by atoms with Gasteiger partial charge in [-0.2, -0.15) is 0 Å². The van der Waals surface area contributed by atoms with Gasteiger partial charge in [-0.15, -0.1) is 0 Å². The SMILES string of the molecule is CC(N[C@H]1CCCC[C@@H]1Cc1ccc2c(c1)CN(C1CCC(=O)NC1=O)C2=O)C1(C(F)F)CC1. The number of nitrogens with zero attached hydrogens (tertiary/aromatic N) is 1. The zero-order valence-electron chi connectivity index (χ0n) is 19.6. The maximum absolute atomic E-state index is 13.6. The Bertz CT molecular complexity index is 994. The Morgan fingerprint density at radius 1 is 1.15 bits per heavy atom. The van der Waals surface area contributed by atoms with E-state index in [4.69, 9.17) is 0 Å². The number of benzene rings is 1. The summed E-state index contributed by atoms with van der Waals surface area (Å²) in [5.41, 5.74) is 1.82. The molecule has 34 heavy (non-hydrogen) atoms. The van der Waals surface area contributed by atoms with E-state index in [1.807, 2.05) is 19.1 Å². The van der Waals surface area contributed by atoms with Crippen molar-refractivity contribution in [2.75, 3.05) is 0 Å². The summed E-state index contributed by atoms with van der Waals surface area (Å²) in [5, 5.41) is 5.91. The van der Waals surface area contributed by atoms with Gasteiger partial charge in [-0.25, -0.2) is 8.78 Å². The van der Waals surface area contributed by atoms with E-state index in [-0.39, 0.29) is 30.3 Å². The summed E-state index contributed by atoms with van der Waals surface area (Å²) in [4.78, 5) is 38.3. The number of hydrogen-bond donors (Lipinski definition) is 2. The monoisotopic (exact) mass is 473 g/mol. The van der Waals surface area contributed by atoms with Crippen molar-refractivity contribution in [2.24, 2.45) is 11.3 Å². The van der Waals surface area contributed by atoms with Crippen LogP contribution in [0.1, 0.15) is 79.8 Å². The van der Waals surface area contributed by atoms with Crippen LogP contribution in [0.15, 0.2) is 18.2 Å². The molecule has 3 amide bonds. The highest BCUT2D eigenvalue weighted by Crippen LogP contribution is 2.53. The summed E-state index contributed by atoms with van der Waals surface area (Å²) >= 11 is 0. The van der Waals surface area contributed by atoms with Crippen molar-refractivity contribution in [1.29, 1.82) is 0 Å². The minimum absolute atomic E-state index is 0.163. The molecular formula is C26H33F2N3O3. The summed E-state index contributed by atoms with van der Waals surface area (Å²) in [7, 11) is 0. The molecule has 2 unspecified atom stereocenters. The molecule has 4 aliphatic rings. The van der Waals surface area contributed by atoms with Gasteiger partial charge < -0.3 is 10.2 Å². The standard InChI is InChI=1S/C26H33F2N3O3/c1-15(26(10-11-26)25(27)28)29-20-5-3-2-4-17(20)12-16-6-7-19-18(13-16)14-31(24(19)34)21-8-9-22(32)30-23(21)33/h6-7,13,15,17,20-21,25,29H,2-5,8-12,14H2,1H3,(H,30,32,33)/t15?,17-,20+,21?/m1/s1. The number of alkyl halides is 2. The van der Waals surface area contributed by atoms with Gasteiger partial charge in [-0.05, 0) is 68.6 Å². The molecule has 2 N–H and O–H groups in total. The second-order valence-corrected chi connectivity index (χ2v) is 10.7. The molecule has 5 rings (SSSR count). The van der Waals surface area contributed by atoms with Crippen LogP contribution in [0.5, 0.6) is 0 Å². The Labute approximate surface area is 198 Å². The third-order valence-electron chi connectivity index (χ3n) is 8.58. The molecule has 0 radical (unpaired) electrons. The fraction of sp³-hybridized carbons (Fsp3) is 0.654. The van der Waals surface area contributed by atoms with Crippen LogP contribution in [0.2, 0.25) is 0 Å². The van der Waals surface area contributed by atoms with Crippen LogP contribution in [0.4, 0.5) is 8.78 Å².